The average molecular weight is 1270 g/mol. The number of unbranched alkanes of at least 4 members (excludes halogenated alkanes) is 32. The Morgan fingerprint density at radius 1 is 0.250 bits per heavy atom. The summed E-state index contributed by atoms with van der Waals surface area (Å²) in [6.45, 7) is 14.2. The summed E-state index contributed by atoms with van der Waals surface area (Å²) >= 11 is 0. The number of esters is 4. The smallest absolute Gasteiger partial charge is 0.308 e. The highest BCUT2D eigenvalue weighted by atomic mass is 16.5. The predicted octanol–water partition coefficient (Wildman–Crippen LogP) is 22.7. The van der Waals surface area contributed by atoms with Crippen LogP contribution in [0, 0.1) is 0 Å². The molecule has 12 heteroatoms. The maximum Gasteiger partial charge on any atom is 0.308 e. The lowest BCUT2D eigenvalue weighted by Gasteiger charge is -2.30. The van der Waals surface area contributed by atoms with Gasteiger partial charge in [0.15, 0.2) is 0 Å². The number of carbonyl (C=O) groups excluding carboxylic acids is 4. The molecule has 4 unspecified atom stereocenters. The van der Waals surface area contributed by atoms with Gasteiger partial charge in [-0.2, -0.15) is 0 Å². The highest BCUT2D eigenvalue weighted by molar-refractivity contribution is 5.75. The fourth-order valence-corrected chi connectivity index (χ4v) is 14.1. The summed E-state index contributed by atoms with van der Waals surface area (Å²) in [6.07, 6.45) is 40.7. The second-order valence-electron chi connectivity index (χ2n) is 26.8. The third-order valence-corrected chi connectivity index (χ3v) is 19.0. The third-order valence-electron chi connectivity index (χ3n) is 19.0. The normalized spacial score (nSPS) is 15.3. The standard InChI is InChI=1S/C80H120O12/c1-9-13-17-21-25-29-33-37-41-45-61-65-49-70(78(53-73(65)85)90-58(6)82)63(47-43-39-35-31-27-23-19-15-11-3)67-51-72(80(55-75(67)87)92-60(8)84)64(48-44-40-36-32-28-24-20-16-12-4)68-52-71(79(56-76(68)88)91-59(7)83)62(46-42-38-34-30-26-22-18-14-10-2)66-50-69(61)77(54-74(66)86)89-57(5)81/h49-56,61-64,85-88H,9-48H2,1-8H3. The van der Waals surface area contributed by atoms with Crippen molar-refractivity contribution in [3.63, 3.8) is 0 Å². The third kappa shape index (κ3) is 25.7. The molecule has 0 radical (unpaired) electrons. The van der Waals surface area contributed by atoms with Crippen LogP contribution in [-0.2, 0) is 19.2 Å². The number of hydrogen-bond acceptors (Lipinski definition) is 12. The number of phenolic OH excluding ortho intramolecular Hbond substituents is 4. The van der Waals surface area contributed by atoms with Gasteiger partial charge in [0.25, 0.3) is 0 Å². The zero-order valence-corrected chi connectivity index (χ0v) is 58.3. The Morgan fingerprint density at radius 2 is 0.402 bits per heavy atom. The van der Waals surface area contributed by atoms with Gasteiger partial charge in [-0.25, -0.2) is 0 Å². The quantitative estimate of drug-likeness (QED) is 0.0187. The van der Waals surface area contributed by atoms with Gasteiger partial charge >= 0.3 is 23.9 Å². The van der Waals surface area contributed by atoms with Crippen LogP contribution in [0.1, 0.15) is 380 Å². The van der Waals surface area contributed by atoms with Gasteiger partial charge in [-0.05, 0) is 49.9 Å². The maximum absolute atomic E-state index is 13.4. The van der Waals surface area contributed by atoms with E-state index < -0.39 is 47.5 Å². The van der Waals surface area contributed by atoms with Gasteiger partial charge < -0.3 is 39.4 Å². The van der Waals surface area contributed by atoms with Crippen molar-refractivity contribution in [2.75, 3.05) is 0 Å². The van der Waals surface area contributed by atoms with Crippen LogP contribution in [0.5, 0.6) is 46.0 Å². The van der Waals surface area contributed by atoms with Gasteiger partial charge in [-0.15, -0.1) is 0 Å². The topological polar surface area (TPSA) is 186 Å². The Balaban J connectivity index is 1.90. The van der Waals surface area contributed by atoms with E-state index in [1.807, 2.05) is 24.3 Å². The van der Waals surface area contributed by atoms with E-state index in [4.69, 9.17) is 18.9 Å². The number of aromatic hydroxyl groups is 4. The molecule has 0 saturated heterocycles. The van der Waals surface area contributed by atoms with Crippen molar-refractivity contribution < 1.29 is 58.6 Å². The van der Waals surface area contributed by atoms with Crippen molar-refractivity contribution in [3.05, 3.63) is 93.0 Å². The lowest BCUT2D eigenvalue weighted by molar-refractivity contribution is -0.132. The molecular formula is C80H120O12. The van der Waals surface area contributed by atoms with Gasteiger partial charge in [0.1, 0.15) is 46.0 Å². The second kappa shape index (κ2) is 43.0. The maximum atomic E-state index is 13.4. The zero-order valence-electron chi connectivity index (χ0n) is 58.3. The van der Waals surface area contributed by atoms with Crippen molar-refractivity contribution in [2.45, 2.75) is 336 Å². The van der Waals surface area contributed by atoms with Crippen LogP contribution in [0.3, 0.4) is 0 Å². The van der Waals surface area contributed by atoms with Crippen LogP contribution in [0.25, 0.3) is 0 Å². The molecule has 1 aliphatic carbocycles. The molecule has 8 bridgehead atoms. The van der Waals surface area contributed by atoms with E-state index in [0.717, 1.165) is 128 Å². The Labute approximate surface area is 554 Å². The number of carbonyl (C=O) groups is 4. The summed E-state index contributed by atoms with van der Waals surface area (Å²) in [7, 11) is 0. The Morgan fingerprint density at radius 3 is 0.554 bits per heavy atom. The highest BCUT2D eigenvalue weighted by Crippen LogP contribution is 2.53. The van der Waals surface area contributed by atoms with Crippen molar-refractivity contribution in [2.24, 2.45) is 0 Å². The number of hydrogen-bond donors (Lipinski definition) is 4. The van der Waals surface area contributed by atoms with Crippen LogP contribution in [0.15, 0.2) is 48.5 Å². The molecule has 5 rings (SSSR count). The van der Waals surface area contributed by atoms with E-state index in [1.165, 1.54) is 155 Å². The van der Waals surface area contributed by atoms with Crippen molar-refractivity contribution in [1.29, 1.82) is 0 Å². The predicted molar refractivity (Wildman–Crippen MR) is 372 cm³/mol. The van der Waals surface area contributed by atoms with E-state index in [0.29, 0.717) is 70.2 Å². The Hall–Kier alpha value is -6.04. The summed E-state index contributed by atoms with van der Waals surface area (Å²) in [4.78, 5) is 53.4. The van der Waals surface area contributed by atoms with Gasteiger partial charge in [0.2, 0.25) is 0 Å². The fourth-order valence-electron chi connectivity index (χ4n) is 14.1. The van der Waals surface area contributed by atoms with Gasteiger partial charge in [0, 0.05) is 120 Å². The first-order valence-electron chi connectivity index (χ1n) is 36.7. The van der Waals surface area contributed by atoms with Gasteiger partial charge in [0.05, 0.1) is 0 Å². The van der Waals surface area contributed by atoms with E-state index in [-0.39, 0.29) is 46.0 Å². The second-order valence-corrected chi connectivity index (χ2v) is 26.8. The molecule has 92 heavy (non-hydrogen) atoms. The molecule has 0 amide bonds. The Kier molecular flexibility index (Phi) is 35.9. The number of fused-ring (bicyclic) bond motifs is 8. The molecule has 12 nitrogen and oxygen atoms in total. The zero-order chi connectivity index (χ0) is 66.6. The number of rotatable bonds is 44. The molecule has 4 N–H and O–H groups in total. The van der Waals surface area contributed by atoms with E-state index in [2.05, 4.69) is 27.7 Å². The lowest BCUT2D eigenvalue weighted by atomic mass is 9.76. The van der Waals surface area contributed by atoms with E-state index >= 15 is 0 Å². The first-order valence-corrected chi connectivity index (χ1v) is 36.7. The SMILES string of the molecule is CCCCCCCCCCCC1c2cc(c(OC(C)=O)cc2O)C(CCCCCCCCCCC)c2cc(c(OC(C)=O)cc2O)C(CCCCCCCCCCC)c2cc(c(OC(C)=O)cc2O)C(CCCCCCCCCCC)c2cc1c(OC(C)=O)cc2O. The van der Waals surface area contributed by atoms with Crippen LogP contribution in [0.2, 0.25) is 0 Å². The molecule has 512 valence electrons. The Bertz CT molecular complexity index is 2470. The van der Waals surface area contributed by atoms with E-state index in [9.17, 15) is 39.6 Å². The summed E-state index contributed by atoms with van der Waals surface area (Å²) in [5.41, 5.74) is 4.20. The minimum absolute atomic E-state index is 0.134. The molecule has 0 aliphatic heterocycles. The summed E-state index contributed by atoms with van der Waals surface area (Å²) < 4.78 is 24.6. The number of ether oxygens (including phenoxy) is 4. The summed E-state index contributed by atoms with van der Waals surface area (Å²) in [5.74, 6) is -5.02. The van der Waals surface area contributed by atoms with Crippen molar-refractivity contribution in [3.8, 4) is 46.0 Å². The minimum Gasteiger partial charge on any atom is -0.508 e. The molecule has 4 atom stereocenters. The van der Waals surface area contributed by atoms with Gasteiger partial charge in [-0.3, -0.25) is 19.2 Å². The number of benzene rings is 4. The van der Waals surface area contributed by atoms with Crippen molar-refractivity contribution in [1.82, 2.24) is 0 Å². The van der Waals surface area contributed by atoms with Crippen LogP contribution >= 0.6 is 0 Å². The first-order chi connectivity index (χ1) is 44.5. The molecule has 0 spiro atoms. The summed E-state index contributed by atoms with van der Waals surface area (Å²) in [5, 5.41) is 50.8. The highest BCUT2D eigenvalue weighted by Gasteiger charge is 2.35. The largest absolute Gasteiger partial charge is 0.508 e. The fraction of sp³-hybridized carbons (Fsp3) is 0.650. The average Bonchev–Trinajstić information content (AvgIpc) is 0.781. The summed E-state index contributed by atoms with van der Waals surface area (Å²) in [6, 6.07) is 13.7. The molecule has 4 aromatic rings. The molecule has 0 heterocycles. The van der Waals surface area contributed by atoms with Crippen LogP contribution in [0.4, 0.5) is 0 Å². The lowest BCUT2D eigenvalue weighted by Crippen LogP contribution is -2.15. The molecule has 0 fully saturated rings. The monoisotopic (exact) mass is 1270 g/mol. The van der Waals surface area contributed by atoms with Crippen molar-refractivity contribution >= 4 is 23.9 Å². The van der Waals surface area contributed by atoms with E-state index in [1.54, 1.807) is 0 Å². The molecule has 0 saturated carbocycles. The van der Waals surface area contributed by atoms with Gasteiger partial charge in [-0.1, -0.05) is 259 Å². The first kappa shape index (κ1) is 76.7. The molecule has 1 aliphatic rings. The minimum atomic E-state index is -0.660. The van der Waals surface area contributed by atoms with Crippen LogP contribution in [-0.4, -0.2) is 44.3 Å². The molecule has 0 aromatic heterocycles. The molecular weight excluding hydrogens is 1150 g/mol. The number of phenols is 4. The molecule has 4 aromatic carbocycles. The van der Waals surface area contributed by atoms with Crippen LogP contribution < -0.4 is 18.9 Å².